The maximum atomic E-state index is 11.5. The van der Waals surface area contributed by atoms with Crippen LogP contribution >= 0.6 is 0 Å². The van der Waals surface area contributed by atoms with Crippen LogP contribution in [0, 0.1) is 12.8 Å². The third-order valence-corrected chi connectivity index (χ3v) is 2.89. The standard InChI is InChI=1S/C14H20N2O3/c1-3-12(13(17)18)9-16-14(19)15-8-11-6-4-5-10(2)7-11/h4-7,12H,3,8-9H2,1-2H3,(H,17,18)(H2,15,16,19). The molecule has 0 aromatic heterocycles. The van der Waals surface area contributed by atoms with Gasteiger partial charge in [0, 0.05) is 13.1 Å². The Bertz CT molecular complexity index is 446. The van der Waals surface area contributed by atoms with E-state index in [1.54, 1.807) is 6.92 Å². The molecule has 1 unspecified atom stereocenters. The van der Waals surface area contributed by atoms with E-state index in [4.69, 9.17) is 5.11 Å². The van der Waals surface area contributed by atoms with Gasteiger partial charge in [0.25, 0.3) is 0 Å². The average Bonchev–Trinajstić information content (AvgIpc) is 2.37. The van der Waals surface area contributed by atoms with Gasteiger partial charge < -0.3 is 15.7 Å². The van der Waals surface area contributed by atoms with E-state index in [2.05, 4.69) is 10.6 Å². The van der Waals surface area contributed by atoms with E-state index in [1.165, 1.54) is 0 Å². The first-order valence-electron chi connectivity index (χ1n) is 6.33. The van der Waals surface area contributed by atoms with Gasteiger partial charge >= 0.3 is 12.0 Å². The molecule has 0 saturated carbocycles. The molecule has 0 aliphatic rings. The van der Waals surface area contributed by atoms with Crippen molar-refractivity contribution in [3.05, 3.63) is 35.4 Å². The summed E-state index contributed by atoms with van der Waals surface area (Å²) in [5, 5.41) is 14.1. The molecule has 0 bridgehead atoms. The van der Waals surface area contributed by atoms with Crippen molar-refractivity contribution in [2.75, 3.05) is 6.54 Å². The number of urea groups is 1. The van der Waals surface area contributed by atoms with Crippen LogP contribution in [-0.4, -0.2) is 23.7 Å². The summed E-state index contributed by atoms with van der Waals surface area (Å²) >= 11 is 0. The van der Waals surface area contributed by atoms with E-state index >= 15 is 0 Å². The first kappa shape index (κ1) is 15.0. The predicted octanol–water partition coefficient (Wildman–Crippen LogP) is 1.91. The van der Waals surface area contributed by atoms with E-state index in [0.717, 1.165) is 11.1 Å². The van der Waals surface area contributed by atoms with Crippen molar-refractivity contribution >= 4 is 12.0 Å². The zero-order valence-corrected chi connectivity index (χ0v) is 11.3. The van der Waals surface area contributed by atoms with Gasteiger partial charge in [-0.2, -0.15) is 0 Å². The lowest BCUT2D eigenvalue weighted by molar-refractivity contribution is -0.141. The highest BCUT2D eigenvalue weighted by atomic mass is 16.4. The molecule has 0 spiro atoms. The normalized spacial score (nSPS) is 11.7. The maximum absolute atomic E-state index is 11.5. The van der Waals surface area contributed by atoms with Gasteiger partial charge in [-0.15, -0.1) is 0 Å². The van der Waals surface area contributed by atoms with Crippen LogP contribution in [0.3, 0.4) is 0 Å². The highest BCUT2D eigenvalue weighted by molar-refractivity contribution is 5.75. The van der Waals surface area contributed by atoms with Gasteiger partial charge in [-0.3, -0.25) is 4.79 Å². The summed E-state index contributed by atoms with van der Waals surface area (Å²) in [5.74, 6) is -1.42. The number of carboxylic acid groups (broad SMARTS) is 1. The zero-order chi connectivity index (χ0) is 14.3. The number of hydrogen-bond acceptors (Lipinski definition) is 2. The zero-order valence-electron chi connectivity index (χ0n) is 11.3. The summed E-state index contributed by atoms with van der Waals surface area (Å²) in [5.41, 5.74) is 2.15. The molecule has 1 aromatic carbocycles. The lowest BCUT2D eigenvalue weighted by Gasteiger charge is -2.12. The van der Waals surface area contributed by atoms with Gasteiger partial charge in [0.2, 0.25) is 0 Å². The van der Waals surface area contributed by atoms with Crippen LogP contribution in [-0.2, 0) is 11.3 Å². The van der Waals surface area contributed by atoms with Crippen LogP contribution < -0.4 is 10.6 Å². The van der Waals surface area contributed by atoms with Gasteiger partial charge in [0.15, 0.2) is 0 Å². The molecule has 1 rings (SSSR count). The Morgan fingerprint density at radius 1 is 1.32 bits per heavy atom. The number of benzene rings is 1. The summed E-state index contributed by atoms with van der Waals surface area (Å²) in [6.07, 6.45) is 0.494. The molecule has 0 heterocycles. The summed E-state index contributed by atoms with van der Waals surface area (Å²) in [4.78, 5) is 22.3. The second-order valence-corrected chi connectivity index (χ2v) is 4.50. The van der Waals surface area contributed by atoms with Crippen LogP contribution in [0.25, 0.3) is 0 Å². The number of carbonyl (C=O) groups is 2. The summed E-state index contributed by atoms with van der Waals surface area (Å²) < 4.78 is 0. The summed E-state index contributed by atoms with van der Waals surface area (Å²) in [6.45, 7) is 4.34. The van der Waals surface area contributed by atoms with Crippen molar-refractivity contribution in [1.29, 1.82) is 0 Å². The van der Waals surface area contributed by atoms with E-state index in [9.17, 15) is 9.59 Å². The Balaban J connectivity index is 2.34. The first-order valence-corrected chi connectivity index (χ1v) is 6.33. The molecule has 3 N–H and O–H groups in total. The van der Waals surface area contributed by atoms with Crippen molar-refractivity contribution in [2.45, 2.75) is 26.8 Å². The van der Waals surface area contributed by atoms with Crippen LogP contribution in [0.2, 0.25) is 0 Å². The van der Waals surface area contributed by atoms with E-state index in [-0.39, 0.29) is 12.6 Å². The van der Waals surface area contributed by atoms with Gasteiger partial charge in [0.1, 0.15) is 0 Å². The molecule has 0 saturated heterocycles. The molecule has 104 valence electrons. The van der Waals surface area contributed by atoms with Crippen molar-refractivity contribution in [1.82, 2.24) is 10.6 Å². The third-order valence-electron chi connectivity index (χ3n) is 2.89. The molecule has 0 aliphatic carbocycles. The summed E-state index contributed by atoms with van der Waals surface area (Å²) in [7, 11) is 0. The van der Waals surface area contributed by atoms with E-state index in [1.807, 2.05) is 31.2 Å². The Morgan fingerprint density at radius 2 is 2.05 bits per heavy atom. The topological polar surface area (TPSA) is 78.4 Å². The van der Waals surface area contributed by atoms with Crippen molar-refractivity contribution in [3.8, 4) is 0 Å². The number of rotatable bonds is 6. The molecule has 5 heteroatoms. The predicted molar refractivity (Wildman–Crippen MR) is 72.8 cm³/mol. The molecule has 0 aliphatic heterocycles. The van der Waals surface area contributed by atoms with Gasteiger partial charge in [0.05, 0.1) is 5.92 Å². The number of aliphatic carboxylic acids is 1. The maximum Gasteiger partial charge on any atom is 0.315 e. The lowest BCUT2D eigenvalue weighted by Crippen LogP contribution is -2.39. The largest absolute Gasteiger partial charge is 0.481 e. The Hall–Kier alpha value is -2.04. The van der Waals surface area contributed by atoms with E-state index < -0.39 is 11.9 Å². The van der Waals surface area contributed by atoms with Crippen molar-refractivity contribution in [3.63, 3.8) is 0 Å². The SMILES string of the molecule is CCC(CNC(=O)NCc1cccc(C)c1)C(=O)O. The van der Waals surface area contributed by atoms with Gasteiger partial charge in [-0.1, -0.05) is 36.8 Å². The molecule has 2 amide bonds. The molecular weight excluding hydrogens is 244 g/mol. The monoisotopic (exact) mass is 264 g/mol. The highest BCUT2D eigenvalue weighted by Crippen LogP contribution is 2.03. The molecule has 1 aromatic rings. The average molecular weight is 264 g/mol. The first-order chi connectivity index (χ1) is 9.02. The minimum Gasteiger partial charge on any atom is -0.481 e. The number of carbonyl (C=O) groups excluding carboxylic acids is 1. The Morgan fingerprint density at radius 3 is 2.63 bits per heavy atom. The minimum absolute atomic E-state index is 0.144. The van der Waals surface area contributed by atoms with E-state index in [0.29, 0.717) is 13.0 Å². The number of amides is 2. The fraction of sp³-hybridized carbons (Fsp3) is 0.429. The Labute approximate surface area is 113 Å². The quantitative estimate of drug-likeness (QED) is 0.734. The minimum atomic E-state index is -0.888. The fourth-order valence-corrected chi connectivity index (χ4v) is 1.69. The van der Waals surface area contributed by atoms with Crippen molar-refractivity contribution in [2.24, 2.45) is 5.92 Å². The summed E-state index contributed by atoms with van der Waals surface area (Å²) in [6, 6.07) is 7.50. The van der Waals surface area contributed by atoms with Crippen LogP contribution in [0.15, 0.2) is 24.3 Å². The van der Waals surface area contributed by atoms with Crippen LogP contribution in [0.5, 0.6) is 0 Å². The highest BCUT2D eigenvalue weighted by Gasteiger charge is 2.15. The molecule has 1 atom stereocenters. The van der Waals surface area contributed by atoms with Gasteiger partial charge in [-0.05, 0) is 18.9 Å². The number of carboxylic acids is 1. The van der Waals surface area contributed by atoms with Crippen LogP contribution in [0.4, 0.5) is 4.79 Å². The number of aryl methyl sites for hydroxylation is 1. The molecule has 0 fully saturated rings. The Kier molecular flexibility index (Phi) is 5.85. The smallest absolute Gasteiger partial charge is 0.315 e. The fourth-order valence-electron chi connectivity index (χ4n) is 1.69. The molecule has 5 nitrogen and oxygen atoms in total. The molecular formula is C14H20N2O3. The van der Waals surface area contributed by atoms with Crippen LogP contribution in [0.1, 0.15) is 24.5 Å². The van der Waals surface area contributed by atoms with Gasteiger partial charge in [-0.25, -0.2) is 4.79 Å². The second-order valence-electron chi connectivity index (χ2n) is 4.50. The lowest BCUT2D eigenvalue weighted by atomic mass is 10.1. The van der Waals surface area contributed by atoms with Crippen molar-refractivity contribution < 1.29 is 14.7 Å². The number of hydrogen-bond donors (Lipinski definition) is 3. The second kappa shape index (κ2) is 7.41. The molecule has 0 radical (unpaired) electrons. The third kappa shape index (κ3) is 5.42. The number of nitrogens with one attached hydrogen (secondary N) is 2. The molecule has 19 heavy (non-hydrogen) atoms.